The zero-order valence-electron chi connectivity index (χ0n) is 34.3. The Morgan fingerprint density at radius 2 is 0.920 bits per heavy atom. The topological polar surface area (TPSA) is 26.8 Å². The summed E-state index contributed by atoms with van der Waals surface area (Å²) in [4.78, 5) is 21.5. The van der Waals surface area contributed by atoms with Crippen LogP contribution < -0.4 is 4.90 Å². The molecule has 2 atom stereocenters. The van der Waals surface area contributed by atoms with Gasteiger partial charge in [-0.3, -0.25) is 9.80 Å². The van der Waals surface area contributed by atoms with Gasteiger partial charge in [-0.15, -0.1) is 0 Å². The van der Waals surface area contributed by atoms with Crippen LogP contribution in [0.3, 0.4) is 0 Å². The molecule has 0 saturated heterocycles. The lowest BCUT2D eigenvalue weighted by atomic mass is 9.79. The number of urea groups is 1. The molecule has 290 valence electrons. The van der Waals surface area contributed by atoms with Crippen LogP contribution in [0.4, 0.5) is 10.5 Å². The molecule has 0 heterocycles. The second-order valence-corrected chi connectivity index (χ2v) is 16.5. The van der Waals surface area contributed by atoms with Crippen molar-refractivity contribution in [2.24, 2.45) is 11.8 Å². The highest BCUT2D eigenvalue weighted by Crippen LogP contribution is 2.34. The summed E-state index contributed by atoms with van der Waals surface area (Å²) >= 11 is 0. The molecule has 1 aliphatic rings. The number of carbonyl (C=O) groups excluding carboxylic acids is 1. The van der Waals surface area contributed by atoms with Crippen LogP contribution in [-0.2, 0) is 0 Å². The normalized spacial score (nSPS) is 17.8. The Morgan fingerprint density at radius 3 is 1.30 bits per heavy atom. The Bertz CT molecular complexity index is 868. The van der Waals surface area contributed by atoms with Crippen LogP contribution >= 0.6 is 0 Å². The van der Waals surface area contributed by atoms with E-state index in [4.69, 9.17) is 0 Å². The predicted molar refractivity (Wildman–Crippen MR) is 221 cm³/mol. The quantitative estimate of drug-likeness (QED) is 0.0571. The lowest BCUT2D eigenvalue weighted by Crippen LogP contribution is -2.53. The molecule has 2 amide bonds. The fourth-order valence-corrected chi connectivity index (χ4v) is 8.48. The van der Waals surface area contributed by atoms with E-state index < -0.39 is 0 Å². The summed E-state index contributed by atoms with van der Waals surface area (Å²) in [5, 5.41) is 0. The van der Waals surface area contributed by atoms with Crippen molar-refractivity contribution in [1.82, 2.24) is 9.80 Å². The molecule has 0 N–H and O–H groups in total. The third-order valence-electron chi connectivity index (χ3n) is 11.4. The molecule has 4 heteroatoms. The van der Waals surface area contributed by atoms with Gasteiger partial charge < -0.3 is 4.90 Å². The summed E-state index contributed by atoms with van der Waals surface area (Å²) in [7, 11) is 0. The second-order valence-electron chi connectivity index (χ2n) is 16.5. The van der Waals surface area contributed by atoms with Crippen molar-refractivity contribution in [2.75, 3.05) is 31.2 Å². The number of nitrogens with zero attached hydrogens (tertiary/aromatic N) is 3. The van der Waals surface area contributed by atoms with Crippen molar-refractivity contribution in [1.29, 1.82) is 0 Å². The SMILES string of the molecule is CCCCCCCCCCCCCCN(CCCCCCCCCCCCCC)CN(CC)C(=O)N(c1ccccc1)C1CC(C)CC(C)C1. The van der Waals surface area contributed by atoms with E-state index in [-0.39, 0.29) is 12.1 Å². The highest BCUT2D eigenvalue weighted by atomic mass is 16.2. The number of rotatable bonds is 31. The number of benzene rings is 1. The van der Waals surface area contributed by atoms with Crippen LogP contribution in [-0.4, -0.2) is 48.2 Å². The van der Waals surface area contributed by atoms with Crippen LogP contribution in [0.25, 0.3) is 0 Å². The van der Waals surface area contributed by atoms with E-state index in [9.17, 15) is 4.79 Å². The number of unbranched alkanes of at least 4 members (excludes halogenated alkanes) is 22. The molecule has 0 bridgehead atoms. The van der Waals surface area contributed by atoms with Gasteiger partial charge in [0.25, 0.3) is 0 Å². The fourth-order valence-electron chi connectivity index (χ4n) is 8.48. The second kappa shape index (κ2) is 30.0. The zero-order chi connectivity index (χ0) is 36.1. The van der Waals surface area contributed by atoms with Crippen molar-refractivity contribution >= 4 is 11.7 Å². The smallest absolute Gasteiger partial charge is 0.312 e. The molecule has 0 spiro atoms. The third kappa shape index (κ3) is 20.5. The first-order chi connectivity index (χ1) is 24.5. The van der Waals surface area contributed by atoms with Crippen LogP contribution in [0.5, 0.6) is 0 Å². The summed E-state index contributed by atoms with van der Waals surface area (Å²) in [5.74, 6) is 1.32. The first-order valence-corrected chi connectivity index (χ1v) is 22.4. The molecule has 0 aliphatic heterocycles. The summed E-state index contributed by atoms with van der Waals surface area (Å²) in [5.41, 5.74) is 1.07. The van der Waals surface area contributed by atoms with Crippen LogP contribution in [0, 0.1) is 11.8 Å². The molecule has 50 heavy (non-hydrogen) atoms. The van der Waals surface area contributed by atoms with Crippen molar-refractivity contribution < 1.29 is 4.79 Å². The highest BCUT2D eigenvalue weighted by Gasteiger charge is 2.34. The Labute approximate surface area is 312 Å². The number of hydrogen-bond donors (Lipinski definition) is 0. The Morgan fingerprint density at radius 1 is 0.540 bits per heavy atom. The average Bonchev–Trinajstić information content (AvgIpc) is 3.11. The minimum Gasteiger partial charge on any atom is -0.312 e. The van der Waals surface area contributed by atoms with Gasteiger partial charge in [0, 0.05) is 18.3 Å². The van der Waals surface area contributed by atoms with Gasteiger partial charge in [0.05, 0.1) is 6.67 Å². The average molecular weight is 696 g/mol. The number of anilines is 1. The number of para-hydroxylation sites is 1. The molecule has 1 aromatic carbocycles. The number of carbonyl (C=O) groups is 1. The van der Waals surface area contributed by atoms with Crippen molar-refractivity contribution in [2.45, 2.75) is 214 Å². The maximum absolute atomic E-state index is 14.5. The standard InChI is InChI=1S/C46H85N3O/c1-6-9-11-13-15-17-19-21-23-25-27-32-36-47(37-33-28-26-24-22-20-18-16-14-12-10-7-2)41-48(8-3)46(50)49(44-34-30-29-31-35-44)45-39-42(4)38-43(5)40-45/h29-31,34-35,42-43,45H,6-28,32-33,36-41H2,1-5H3. The van der Waals surface area contributed by atoms with Crippen LogP contribution in [0.1, 0.15) is 208 Å². The summed E-state index contributed by atoms with van der Waals surface area (Å²) in [6, 6.07) is 11.0. The maximum atomic E-state index is 14.5. The molecule has 0 aromatic heterocycles. The van der Waals surface area contributed by atoms with Gasteiger partial charge in [-0.05, 0) is 76.1 Å². The van der Waals surface area contributed by atoms with Crippen LogP contribution in [0.15, 0.2) is 30.3 Å². The van der Waals surface area contributed by atoms with E-state index in [2.05, 4.69) is 79.7 Å². The Balaban J connectivity index is 1.89. The van der Waals surface area contributed by atoms with E-state index in [1.807, 2.05) is 0 Å². The van der Waals surface area contributed by atoms with Crippen molar-refractivity contribution in [3.8, 4) is 0 Å². The lowest BCUT2D eigenvalue weighted by Gasteiger charge is -2.42. The zero-order valence-corrected chi connectivity index (χ0v) is 34.3. The molecule has 4 nitrogen and oxygen atoms in total. The maximum Gasteiger partial charge on any atom is 0.325 e. The highest BCUT2D eigenvalue weighted by molar-refractivity contribution is 5.92. The first-order valence-electron chi connectivity index (χ1n) is 22.4. The minimum absolute atomic E-state index is 0.208. The minimum atomic E-state index is 0.208. The Kier molecular flexibility index (Phi) is 26.7. The largest absolute Gasteiger partial charge is 0.325 e. The van der Waals surface area contributed by atoms with E-state index >= 15 is 0 Å². The van der Waals surface area contributed by atoms with Crippen LogP contribution in [0.2, 0.25) is 0 Å². The van der Waals surface area contributed by atoms with Gasteiger partial charge in [0.1, 0.15) is 0 Å². The van der Waals surface area contributed by atoms with Gasteiger partial charge in [0.15, 0.2) is 0 Å². The van der Waals surface area contributed by atoms with E-state index in [0.717, 1.165) is 44.8 Å². The fraction of sp³-hybridized carbons (Fsp3) is 0.848. The molecular weight excluding hydrogens is 611 g/mol. The molecule has 1 aromatic rings. The monoisotopic (exact) mass is 696 g/mol. The van der Waals surface area contributed by atoms with Gasteiger partial charge in [0.2, 0.25) is 0 Å². The molecule has 1 fully saturated rings. The third-order valence-corrected chi connectivity index (χ3v) is 11.4. The molecule has 2 rings (SSSR count). The predicted octanol–water partition coefficient (Wildman–Crippen LogP) is 14.4. The summed E-state index contributed by atoms with van der Waals surface area (Å²) in [6.45, 7) is 15.3. The molecule has 0 radical (unpaired) electrons. The van der Waals surface area contributed by atoms with Gasteiger partial charge in [-0.1, -0.05) is 187 Å². The lowest BCUT2D eigenvalue weighted by molar-refractivity contribution is 0.138. The molecule has 1 aliphatic carbocycles. The summed E-state index contributed by atoms with van der Waals surface area (Å²) < 4.78 is 0. The first kappa shape index (κ1) is 44.6. The van der Waals surface area contributed by atoms with Crippen molar-refractivity contribution in [3.05, 3.63) is 30.3 Å². The molecular formula is C46H85N3O. The summed E-state index contributed by atoms with van der Waals surface area (Å²) in [6.07, 6.45) is 36.7. The molecule has 2 unspecified atom stereocenters. The molecule has 1 saturated carbocycles. The van der Waals surface area contributed by atoms with E-state index in [1.165, 1.54) is 161 Å². The van der Waals surface area contributed by atoms with Gasteiger partial charge in [-0.25, -0.2) is 4.79 Å². The van der Waals surface area contributed by atoms with E-state index in [0.29, 0.717) is 11.8 Å². The van der Waals surface area contributed by atoms with Gasteiger partial charge >= 0.3 is 6.03 Å². The van der Waals surface area contributed by atoms with Gasteiger partial charge in [-0.2, -0.15) is 0 Å². The number of amides is 2. The number of hydrogen-bond acceptors (Lipinski definition) is 2. The van der Waals surface area contributed by atoms with E-state index in [1.54, 1.807) is 0 Å². The van der Waals surface area contributed by atoms with Crippen molar-refractivity contribution in [3.63, 3.8) is 0 Å². The Hall–Kier alpha value is -1.55.